The lowest BCUT2D eigenvalue weighted by molar-refractivity contribution is 1.14. The lowest BCUT2D eigenvalue weighted by Crippen LogP contribution is -1.88. The minimum Gasteiger partial charge on any atom is -0.236 e. The number of aromatic nitrogens is 2. The van der Waals surface area contributed by atoms with Gasteiger partial charge in [-0.3, -0.25) is 0 Å². The largest absolute Gasteiger partial charge is 0.236 e. The third kappa shape index (κ3) is 1.72. The van der Waals surface area contributed by atoms with Gasteiger partial charge in [-0.25, -0.2) is 9.97 Å². The first-order valence-electron chi connectivity index (χ1n) is 4.11. The monoisotopic (exact) mass is 169 g/mol. The summed E-state index contributed by atoms with van der Waals surface area (Å²) in [7, 11) is 0. The molecule has 0 aliphatic heterocycles. The van der Waals surface area contributed by atoms with Crippen molar-refractivity contribution >= 4 is 0 Å². The fraction of sp³-hybridized carbons (Fsp3) is 0.0909. The van der Waals surface area contributed by atoms with Gasteiger partial charge in [0.1, 0.15) is 0 Å². The zero-order valence-electron chi connectivity index (χ0n) is 7.36. The second-order valence-electron chi connectivity index (χ2n) is 2.87. The Bertz CT molecular complexity index is 379. The number of benzene rings is 1. The molecular weight excluding hydrogens is 160 g/mol. The first-order valence-corrected chi connectivity index (χ1v) is 4.11. The number of nitrogens with zero attached hydrogens (tertiary/aromatic N) is 2. The van der Waals surface area contributed by atoms with E-state index in [4.69, 9.17) is 0 Å². The highest BCUT2D eigenvalue weighted by atomic mass is 14.9. The summed E-state index contributed by atoms with van der Waals surface area (Å²) in [5.74, 6) is 0.764. The van der Waals surface area contributed by atoms with Gasteiger partial charge >= 0.3 is 0 Å². The van der Waals surface area contributed by atoms with E-state index in [2.05, 4.69) is 16.0 Å². The van der Waals surface area contributed by atoms with Crippen LogP contribution in [0.15, 0.2) is 36.7 Å². The summed E-state index contributed by atoms with van der Waals surface area (Å²) in [5, 5.41) is 0. The van der Waals surface area contributed by atoms with Gasteiger partial charge in [0.05, 0.1) is 0 Å². The van der Waals surface area contributed by atoms with Crippen LogP contribution in [0.2, 0.25) is 0 Å². The van der Waals surface area contributed by atoms with Crippen molar-refractivity contribution in [2.75, 3.05) is 0 Å². The van der Waals surface area contributed by atoms with E-state index in [0.29, 0.717) is 0 Å². The number of hydrogen-bond donors (Lipinski definition) is 0. The molecule has 2 heteroatoms. The predicted octanol–water partition coefficient (Wildman–Crippen LogP) is 2.25. The summed E-state index contributed by atoms with van der Waals surface area (Å²) in [6.07, 6.45) is 3.64. The summed E-state index contributed by atoms with van der Waals surface area (Å²) in [5.41, 5.74) is 2.10. The molecule has 0 N–H and O–H groups in total. The molecule has 1 aromatic heterocycles. The highest BCUT2D eigenvalue weighted by Gasteiger charge is 1.97. The van der Waals surface area contributed by atoms with Gasteiger partial charge in [0.15, 0.2) is 5.82 Å². The van der Waals surface area contributed by atoms with Crippen molar-refractivity contribution in [1.29, 1.82) is 0 Å². The molecule has 1 radical (unpaired) electrons. The van der Waals surface area contributed by atoms with Crippen molar-refractivity contribution in [2.24, 2.45) is 0 Å². The molecule has 2 aromatic rings. The second-order valence-corrected chi connectivity index (χ2v) is 2.87. The molecule has 2 rings (SSSR count). The fourth-order valence-corrected chi connectivity index (χ4v) is 1.08. The molecule has 63 valence electrons. The molecule has 0 unspecified atom stereocenters. The molecule has 0 atom stereocenters. The summed E-state index contributed by atoms with van der Waals surface area (Å²) in [4.78, 5) is 8.45. The van der Waals surface area contributed by atoms with Gasteiger partial charge in [0, 0.05) is 18.0 Å². The van der Waals surface area contributed by atoms with Crippen molar-refractivity contribution < 1.29 is 0 Å². The van der Waals surface area contributed by atoms with Crippen LogP contribution in [0.3, 0.4) is 0 Å². The van der Waals surface area contributed by atoms with Gasteiger partial charge < -0.3 is 0 Å². The molecule has 0 bridgehead atoms. The summed E-state index contributed by atoms with van der Waals surface area (Å²) in [6.45, 7) is 1.97. The molecule has 0 saturated heterocycles. The molecule has 1 aromatic carbocycles. The van der Waals surface area contributed by atoms with E-state index in [9.17, 15) is 0 Å². The zero-order valence-corrected chi connectivity index (χ0v) is 7.36. The molecule has 0 aliphatic rings. The first-order chi connectivity index (χ1) is 6.36. The van der Waals surface area contributed by atoms with Crippen molar-refractivity contribution in [3.8, 4) is 11.4 Å². The van der Waals surface area contributed by atoms with Crippen LogP contribution in [0.25, 0.3) is 11.4 Å². The quantitative estimate of drug-likeness (QED) is 0.654. The van der Waals surface area contributed by atoms with Crippen LogP contribution in [-0.2, 0) is 0 Å². The lowest BCUT2D eigenvalue weighted by atomic mass is 10.2. The summed E-state index contributed by atoms with van der Waals surface area (Å²) < 4.78 is 0. The molecule has 0 aliphatic carbocycles. The minimum atomic E-state index is 0.764. The third-order valence-corrected chi connectivity index (χ3v) is 1.76. The zero-order chi connectivity index (χ0) is 9.10. The molecule has 0 fully saturated rings. The number of rotatable bonds is 1. The Labute approximate surface area is 77.3 Å². The van der Waals surface area contributed by atoms with Gasteiger partial charge in [0.2, 0.25) is 0 Å². The van der Waals surface area contributed by atoms with Crippen LogP contribution in [0.5, 0.6) is 0 Å². The molecule has 13 heavy (non-hydrogen) atoms. The van der Waals surface area contributed by atoms with Crippen LogP contribution in [0, 0.1) is 13.0 Å². The Morgan fingerprint density at radius 1 is 1.08 bits per heavy atom. The maximum absolute atomic E-state index is 4.22. The standard InChI is InChI=1S/C11H9N2/c1-9-7-12-11(13-8-9)10-5-3-2-4-6-10/h3-8H,1H3. The van der Waals surface area contributed by atoms with E-state index in [1.54, 1.807) is 0 Å². The van der Waals surface area contributed by atoms with E-state index < -0.39 is 0 Å². The second kappa shape index (κ2) is 3.35. The summed E-state index contributed by atoms with van der Waals surface area (Å²) in [6, 6.07) is 10.6. The topological polar surface area (TPSA) is 25.8 Å². The molecule has 2 nitrogen and oxygen atoms in total. The highest BCUT2D eigenvalue weighted by Crippen LogP contribution is 2.12. The summed E-state index contributed by atoms with van der Waals surface area (Å²) >= 11 is 0. The van der Waals surface area contributed by atoms with Gasteiger partial charge in [-0.1, -0.05) is 24.3 Å². The Hall–Kier alpha value is -1.70. The normalized spacial score (nSPS) is 9.92. The van der Waals surface area contributed by atoms with Crippen molar-refractivity contribution in [2.45, 2.75) is 6.92 Å². The lowest BCUT2D eigenvalue weighted by Gasteiger charge is -1.98. The van der Waals surface area contributed by atoms with E-state index in [1.807, 2.05) is 43.6 Å². The Morgan fingerprint density at radius 3 is 2.31 bits per heavy atom. The van der Waals surface area contributed by atoms with Gasteiger partial charge in [-0.15, -0.1) is 0 Å². The third-order valence-electron chi connectivity index (χ3n) is 1.76. The van der Waals surface area contributed by atoms with E-state index >= 15 is 0 Å². The molecule has 1 heterocycles. The van der Waals surface area contributed by atoms with Crippen LogP contribution in [0.1, 0.15) is 5.56 Å². The average Bonchev–Trinajstić information content (AvgIpc) is 2.20. The smallest absolute Gasteiger partial charge is 0.159 e. The van der Waals surface area contributed by atoms with E-state index in [1.165, 1.54) is 0 Å². The molecule has 0 amide bonds. The number of aryl methyl sites for hydroxylation is 1. The van der Waals surface area contributed by atoms with Crippen LogP contribution in [0.4, 0.5) is 0 Å². The van der Waals surface area contributed by atoms with Gasteiger partial charge in [-0.2, -0.15) is 0 Å². The van der Waals surface area contributed by atoms with Crippen molar-refractivity contribution in [1.82, 2.24) is 9.97 Å². The molecular formula is C11H9N2. The fourth-order valence-electron chi connectivity index (χ4n) is 1.08. The first kappa shape index (κ1) is 7.92. The SMILES string of the molecule is Cc1cnc(-c2cc[c]cc2)nc1. The Morgan fingerprint density at radius 2 is 1.69 bits per heavy atom. The molecule has 0 saturated carbocycles. The van der Waals surface area contributed by atoms with Gasteiger partial charge in [0.25, 0.3) is 0 Å². The number of hydrogen-bond acceptors (Lipinski definition) is 2. The highest BCUT2D eigenvalue weighted by molar-refractivity contribution is 5.53. The maximum atomic E-state index is 4.22. The van der Waals surface area contributed by atoms with Gasteiger partial charge in [-0.05, 0) is 18.6 Å². The van der Waals surface area contributed by atoms with Crippen LogP contribution in [-0.4, -0.2) is 9.97 Å². The Kier molecular flexibility index (Phi) is 2.04. The molecule has 0 spiro atoms. The maximum Gasteiger partial charge on any atom is 0.159 e. The van der Waals surface area contributed by atoms with E-state index in [0.717, 1.165) is 17.0 Å². The van der Waals surface area contributed by atoms with E-state index in [-0.39, 0.29) is 0 Å². The minimum absolute atomic E-state index is 0.764. The predicted molar refractivity (Wildman–Crippen MR) is 51.0 cm³/mol. The van der Waals surface area contributed by atoms with Crippen LogP contribution < -0.4 is 0 Å². The van der Waals surface area contributed by atoms with Crippen LogP contribution >= 0.6 is 0 Å². The van der Waals surface area contributed by atoms with Crippen molar-refractivity contribution in [3.63, 3.8) is 0 Å². The average molecular weight is 169 g/mol. The Balaban J connectivity index is 2.42. The van der Waals surface area contributed by atoms with Crippen molar-refractivity contribution in [3.05, 3.63) is 48.3 Å².